The molecule has 0 amide bonds. The summed E-state index contributed by atoms with van der Waals surface area (Å²) in [7, 11) is -3.57. The third-order valence-electron chi connectivity index (χ3n) is 6.41. The van der Waals surface area contributed by atoms with Gasteiger partial charge in [0.05, 0.1) is 35.7 Å². The van der Waals surface area contributed by atoms with E-state index in [1.165, 1.54) is 15.6 Å². The van der Waals surface area contributed by atoms with Crippen molar-refractivity contribution < 1.29 is 13.2 Å². The molecule has 39 heavy (non-hydrogen) atoms. The molecular weight excluding hydrogens is 598 g/mol. The standard InChI is InChI=1S/C28H24BrN5O3S2/c29-22-6-11-26-25(16-22)21(17-30-26)18-31-34-27(20-4-2-1-3-5-20)19-38-28(34)32-23-7-9-24(10-8-23)39(35,36)33-12-14-37-15-13-33/h1-11,16-19,30H,12-15H2. The molecule has 1 aliphatic heterocycles. The van der Waals surface area contributed by atoms with Gasteiger partial charge in [0.15, 0.2) is 0 Å². The minimum atomic E-state index is -3.57. The number of sulfonamides is 1. The highest BCUT2D eigenvalue weighted by atomic mass is 79.9. The summed E-state index contributed by atoms with van der Waals surface area (Å²) in [4.78, 5) is 9.02. The van der Waals surface area contributed by atoms with Crippen LogP contribution in [0, 0.1) is 0 Å². The third-order valence-corrected chi connectivity index (χ3v) is 9.63. The van der Waals surface area contributed by atoms with Crippen LogP contribution in [-0.2, 0) is 14.8 Å². The molecule has 1 saturated heterocycles. The van der Waals surface area contributed by atoms with Crippen LogP contribution in [0.15, 0.2) is 104 Å². The number of fused-ring (bicyclic) bond motifs is 1. The van der Waals surface area contributed by atoms with Crippen LogP contribution in [0.25, 0.3) is 22.2 Å². The highest BCUT2D eigenvalue weighted by Gasteiger charge is 2.26. The van der Waals surface area contributed by atoms with Crippen LogP contribution in [0.4, 0.5) is 5.69 Å². The summed E-state index contributed by atoms with van der Waals surface area (Å²) in [5.74, 6) is 0. The first-order valence-electron chi connectivity index (χ1n) is 12.3. The molecule has 0 atom stereocenters. The van der Waals surface area contributed by atoms with Gasteiger partial charge in [-0.05, 0) is 42.5 Å². The van der Waals surface area contributed by atoms with E-state index >= 15 is 0 Å². The number of halogens is 1. The first-order chi connectivity index (χ1) is 19.0. The van der Waals surface area contributed by atoms with Gasteiger partial charge in [0.2, 0.25) is 14.8 Å². The number of benzene rings is 3. The van der Waals surface area contributed by atoms with E-state index in [2.05, 4.69) is 27.0 Å². The molecule has 5 aromatic rings. The fraction of sp³-hybridized carbons (Fsp3) is 0.143. The van der Waals surface area contributed by atoms with Crippen molar-refractivity contribution in [1.82, 2.24) is 14.0 Å². The topological polar surface area (TPSA) is 92.0 Å². The molecule has 3 heterocycles. The summed E-state index contributed by atoms with van der Waals surface area (Å²) in [6.45, 7) is 1.53. The average Bonchev–Trinajstić information content (AvgIpc) is 3.56. The number of H-pyrrole nitrogens is 1. The number of nitrogens with zero attached hydrogens (tertiary/aromatic N) is 4. The predicted molar refractivity (Wildman–Crippen MR) is 158 cm³/mol. The van der Waals surface area contributed by atoms with Gasteiger partial charge in [-0.15, -0.1) is 11.3 Å². The Bertz CT molecular complexity index is 1820. The normalized spacial score (nSPS) is 15.5. The van der Waals surface area contributed by atoms with Crippen molar-refractivity contribution in [3.05, 3.63) is 99.2 Å². The van der Waals surface area contributed by atoms with Gasteiger partial charge in [0.1, 0.15) is 0 Å². The lowest BCUT2D eigenvalue weighted by Gasteiger charge is -2.26. The highest BCUT2D eigenvalue weighted by Crippen LogP contribution is 2.24. The number of nitrogens with one attached hydrogen (secondary N) is 1. The van der Waals surface area contributed by atoms with Gasteiger partial charge in [-0.1, -0.05) is 46.3 Å². The number of morpholine rings is 1. The lowest BCUT2D eigenvalue weighted by Crippen LogP contribution is -2.40. The smallest absolute Gasteiger partial charge is 0.243 e. The van der Waals surface area contributed by atoms with Crippen molar-refractivity contribution in [2.24, 2.45) is 10.1 Å². The van der Waals surface area contributed by atoms with Crippen molar-refractivity contribution in [2.45, 2.75) is 4.90 Å². The second kappa shape index (κ2) is 11.0. The summed E-state index contributed by atoms with van der Waals surface area (Å²) >= 11 is 5.02. The quantitative estimate of drug-likeness (QED) is 0.250. The zero-order chi connectivity index (χ0) is 26.8. The molecule has 3 aromatic carbocycles. The van der Waals surface area contributed by atoms with Crippen LogP contribution in [0.2, 0.25) is 0 Å². The van der Waals surface area contributed by atoms with E-state index in [9.17, 15) is 8.42 Å². The van der Waals surface area contributed by atoms with Crippen LogP contribution in [0.1, 0.15) is 5.56 Å². The van der Waals surface area contributed by atoms with E-state index in [1.54, 1.807) is 24.3 Å². The summed E-state index contributed by atoms with van der Waals surface area (Å²) in [6.07, 6.45) is 3.75. The fourth-order valence-electron chi connectivity index (χ4n) is 4.38. The Morgan fingerprint density at radius 3 is 2.54 bits per heavy atom. The summed E-state index contributed by atoms with van der Waals surface area (Å²) in [5.41, 5.74) is 4.53. The molecule has 0 unspecified atom stereocenters. The zero-order valence-electron chi connectivity index (χ0n) is 20.7. The van der Waals surface area contributed by atoms with Gasteiger partial charge >= 0.3 is 0 Å². The van der Waals surface area contributed by atoms with E-state index in [1.807, 2.05) is 64.9 Å². The molecule has 2 aromatic heterocycles. The van der Waals surface area contributed by atoms with Gasteiger partial charge < -0.3 is 9.72 Å². The second-order valence-electron chi connectivity index (χ2n) is 8.88. The molecule has 0 saturated carbocycles. The first-order valence-corrected chi connectivity index (χ1v) is 15.4. The number of thiazole rings is 1. The molecule has 1 aliphatic rings. The minimum Gasteiger partial charge on any atom is -0.379 e. The number of hydrogen-bond acceptors (Lipinski definition) is 6. The van der Waals surface area contributed by atoms with Crippen molar-refractivity contribution in [3.8, 4) is 11.3 Å². The number of ether oxygens (including phenoxy) is 1. The van der Waals surface area contributed by atoms with Crippen LogP contribution >= 0.6 is 27.3 Å². The molecule has 0 aliphatic carbocycles. The van der Waals surface area contributed by atoms with Gasteiger partial charge in [-0.2, -0.15) is 9.41 Å². The summed E-state index contributed by atoms with van der Waals surface area (Å²) < 4.78 is 35.6. The molecule has 0 spiro atoms. The van der Waals surface area contributed by atoms with E-state index < -0.39 is 10.0 Å². The van der Waals surface area contributed by atoms with Crippen molar-refractivity contribution in [3.63, 3.8) is 0 Å². The van der Waals surface area contributed by atoms with Gasteiger partial charge in [-0.25, -0.2) is 18.1 Å². The molecule has 8 nitrogen and oxygen atoms in total. The van der Waals surface area contributed by atoms with E-state index in [0.29, 0.717) is 36.8 Å². The van der Waals surface area contributed by atoms with Crippen LogP contribution in [-0.4, -0.2) is 54.9 Å². The molecule has 1 fully saturated rings. The Hall–Kier alpha value is -3.35. The van der Waals surface area contributed by atoms with Gasteiger partial charge in [-0.3, -0.25) is 0 Å². The Morgan fingerprint density at radius 1 is 1.00 bits per heavy atom. The molecule has 6 rings (SSSR count). The Balaban J connectivity index is 1.38. The molecule has 0 radical (unpaired) electrons. The molecule has 1 N–H and O–H groups in total. The number of aromatic amines is 1. The Morgan fingerprint density at radius 2 is 1.77 bits per heavy atom. The number of aromatic nitrogens is 2. The van der Waals surface area contributed by atoms with Crippen LogP contribution < -0.4 is 4.80 Å². The SMILES string of the molecule is O=S(=O)(c1ccc(N=c2scc(-c3ccccc3)n2N=Cc2c[nH]c3ccc(Br)cc23)cc1)N1CCOCC1. The minimum absolute atomic E-state index is 0.246. The lowest BCUT2D eigenvalue weighted by atomic mass is 10.2. The Labute approximate surface area is 238 Å². The Kier molecular flexibility index (Phi) is 7.32. The fourth-order valence-corrected chi connectivity index (χ4v) is 7.00. The van der Waals surface area contributed by atoms with E-state index in [-0.39, 0.29) is 4.90 Å². The maximum absolute atomic E-state index is 13.0. The summed E-state index contributed by atoms with van der Waals surface area (Å²) in [5, 5.41) is 7.92. The largest absolute Gasteiger partial charge is 0.379 e. The van der Waals surface area contributed by atoms with Crippen LogP contribution in [0.3, 0.4) is 0 Å². The maximum atomic E-state index is 13.0. The number of hydrogen-bond donors (Lipinski definition) is 1. The molecule has 11 heteroatoms. The van der Waals surface area contributed by atoms with E-state index in [4.69, 9.17) is 14.8 Å². The molecule has 198 valence electrons. The third kappa shape index (κ3) is 5.41. The maximum Gasteiger partial charge on any atom is 0.243 e. The van der Waals surface area contributed by atoms with Crippen LogP contribution in [0.5, 0.6) is 0 Å². The monoisotopic (exact) mass is 621 g/mol. The molecular formula is C28H24BrN5O3S2. The van der Waals surface area contributed by atoms with E-state index in [0.717, 1.165) is 32.2 Å². The highest BCUT2D eigenvalue weighted by molar-refractivity contribution is 9.10. The molecule has 0 bridgehead atoms. The van der Waals surface area contributed by atoms with Crippen molar-refractivity contribution >= 4 is 60.1 Å². The zero-order valence-corrected chi connectivity index (χ0v) is 23.9. The summed E-state index contributed by atoms with van der Waals surface area (Å²) in [6, 6.07) is 22.7. The number of rotatable bonds is 6. The van der Waals surface area contributed by atoms with Crippen molar-refractivity contribution in [2.75, 3.05) is 26.3 Å². The average molecular weight is 623 g/mol. The second-order valence-corrected chi connectivity index (χ2v) is 12.6. The predicted octanol–water partition coefficient (Wildman–Crippen LogP) is 5.60. The van der Waals surface area contributed by atoms with Gasteiger partial charge in [0.25, 0.3) is 0 Å². The van der Waals surface area contributed by atoms with Crippen molar-refractivity contribution in [1.29, 1.82) is 0 Å². The van der Waals surface area contributed by atoms with Gasteiger partial charge in [0, 0.05) is 51.2 Å². The lowest BCUT2D eigenvalue weighted by molar-refractivity contribution is 0.0730. The first kappa shape index (κ1) is 25.9.